The minimum Gasteiger partial charge on any atom is -0.493 e. The number of ether oxygens (including phenoxy) is 2. The average molecular weight is 505 g/mol. The molecule has 28 heavy (non-hydrogen) atoms. The van der Waals surface area contributed by atoms with E-state index in [2.05, 4.69) is 24.1 Å². The number of aliphatic imine (C=N–C) groups is 1. The van der Waals surface area contributed by atoms with Crippen LogP contribution in [0.4, 0.5) is 0 Å². The van der Waals surface area contributed by atoms with Gasteiger partial charge >= 0.3 is 0 Å². The van der Waals surface area contributed by atoms with E-state index in [4.69, 9.17) is 14.5 Å². The molecule has 0 atom stereocenters. The summed E-state index contributed by atoms with van der Waals surface area (Å²) in [6.07, 6.45) is 5.07. The molecule has 2 rings (SSSR count). The zero-order valence-corrected chi connectivity index (χ0v) is 20.2. The molecule has 0 aliphatic heterocycles. The molecule has 0 amide bonds. The van der Waals surface area contributed by atoms with Gasteiger partial charge in [-0.25, -0.2) is 0 Å². The fraction of sp³-hybridized carbons (Fsp3) is 0.667. The van der Waals surface area contributed by atoms with Gasteiger partial charge in [-0.1, -0.05) is 19.3 Å². The molecule has 2 N–H and O–H groups in total. The predicted octanol–water partition coefficient (Wildman–Crippen LogP) is 3.72. The van der Waals surface area contributed by atoms with Gasteiger partial charge in [0.25, 0.3) is 0 Å². The van der Waals surface area contributed by atoms with Crippen LogP contribution in [0.15, 0.2) is 17.1 Å². The Balaban J connectivity index is 0.00000392. The van der Waals surface area contributed by atoms with Crippen LogP contribution in [-0.4, -0.2) is 55.9 Å². The molecule has 1 aliphatic rings. The third kappa shape index (κ3) is 6.69. The summed E-state index contributed by atoms with van der Waals surface area (Å²) in [5.41, 5.74) is 1.64. The van der Waals surface area contributed by atoms with Gasteiger partial charge in [-0.3, -0.25) is 4.99 Å². The topological polar surface area (TPSA) is 66.3 Å². The Labute approximate surface area is 186 Å². The zero-order chi connectivity index (χ0) is 19.9. The molecule has 0 heterocycles. The molecule has 1 fully saturated rings. The highest BCUT2D eigenvalue weighted by Gasteiger charge is 2.29. The lowest BCUT2D eigenvalue weighted by atomic mass is 9.85. The van der Waals surface area contributed by atoms with Crippen molar-refractivity contribution in [2.45, 2.75) is 58.1 Å². The molecule has 0 unspecified atom stereocenters. The van der Waals surface area contributed by atoms with Gasteiger partial charge in [0.1, 0.15) is 0 Å². The smallest absolute Gasteiger partial charge is 0.194 e. The first-order chi connectivity index (χ1) is 12.9. The lowest BCUT2D eigenvalue weighted by molar-refractivity contribution is 0.0130. The van der Waals surface area contributed by atoms with E-state index in [0.717, 1.165) is 60.8 Å². The number of aliphatic hydroxyl groups is 1. The molecule has 1 aliphatic carbocycles. The quantitative estimate of drug-likeness (QED) is 0.336. The van der Waals surface area contributed by atoms with Gasteiger partial charge in [-0.05, 0) is 49.9 Å². The number of methoxy groups -OCH3 is 2. The van der Waals surface area contributed by atoms with Crippen molar-refractivity contribution in [3.63, 3.8) is 0 Å². The van der Waals surface area contributed by atoms with Gasteiger partial charge in [0.2, 0.25) is 0 Å². The monoisotopic (exact) mass is 505 g/mol. The van der Waals surface area contributed by atoms with E-state index in [1.807, 2.05) is 19.2 Å². The van der Waals surface area contributed by atoms with Crippen molar-refractivity contribution in [2.24, 2.45) is 4.99 Å². The molecule has 0 saturated heterocycles. The molecule has 0 bridgehead atoms. The molecule has 0 aromatic heterocycles. The molecule has 160 valence electrons. The van der Waals surface area contributed by atoms with Gasteiger partial charge in [0, 0.05) is 20.1 Å². The lowest BCUT2D eigenvalue weighted by Gasteiger charge is -2.31. The minimum atomic E-state index is -0.654. The van der Waals surface area contributed by atoms with Crippen molar-refractivity contribution in [2.75, 3.05) is 34.4 Å². The first-order valence-electron chi connectivity index (χ1n) is 9.85. The Kier molecular flexibility index (Phi) is 10.4. The number of halogens is 1. The van der Waals surface area contributed by atoms with Crippen LogP contribution in [0.5, 0.6) is 11.5 Å². The third-order valence-corrected chi connectivity index (χ3v) is 5.25. The van der Waals surface area contributed by atoms with Crippen LogP contribution >= 0.6 is 24.0 Å². The first-order valence-corrected chi connectivity index (χ1v) is 9.85. The maximum absolute atomic E-state index is 10.7. The Morgan fingerprint density at radius 3 is 2.36 bits per heavy atom. The second-order valence-electron chi connectivity index (χ2n) is 7.44. The lowest BCUT2D eigenvalue weighted by Crippen LogP contribution is -2.41. The number of hydrogen-bond donors (Lipinski definition) is 2. The molecule has 1 saturated carbocycles. The van der Waals surface area contributed by atoms with Crippen LogP contribution < -0.4 is 14.8 Å². The SMILES string of the molecule is CCNC(=NCC1(O)CCCCC1)N(C)Cc1cc(OC)c(OC)cc1C.I. The van der Waals surface area contributed by atoms with Crippen molar-refractivity contribution in [3.05, 3.63) is 23.3 Å². The van der Waals surface area contributed by atoms with Crippen LogP contribution in [0.3, 0.4) is 0 Å². The van der Waals surface area contributed by atoms with Gasteiger partial charge in [-0.2, -0.15) is 0 Å². The second-order valence-corrected chi connectivity index (χ2v) is 7.44. The molecule has 0 radical (unpaired) electrons. The molecule has 6 nitrogen and oxygen atoms in total. The Morgan fingerprint density at radius 2 is 1.79 bits per heavy atom. The van der Waals surface area contributed by atoms with E-state index < -0.39 is 5.60 Å². The van der Waals surface area contributed by atoms with E-state index in [1.165, 1.54) is 6.42 Å². The van der Waals surface area contributed by atoms with E-state index in [0.29, 0.717) is 13.1 Å². The van der Waals surface area contributed by atoms with Crippen LogP contribution in [0, 0.1) is 6.92 Å². The van der Waals surface area contributed by atoms with Crippen molar-refractivity contribution in [1.82, 2.24) is 10.2 Å². The number of nitrogens with zero attached hydrogens (tertiary/aromatic N) is 2. The fourth-order valence-corrected chi connectivity index (χ4v) is 3.58. The van der Waals surface area contributed by atoms with Crippen LogP contribution in [0.25, 0.3) is 0 Å². The summed E-state index contributed by atoms with van der Waals surface area (Å²) in [5.74, 6) is 2.28. The van der Waals surface area contributed by atoms with Gasteiger partial charge in [-0.15, -0.1) is 24.0 Å². The average Bonchev–Trinajstić information content (AvgIpc) is 2.66. The molecular weight excluding hydrogens is 469 g/mol. The highest BCUT2D eigenvalue weighted by atomic mass is 127. The summed E-state index contributed by atoms with van der Waals surface area (Å²) in [6.45, 7) is 6.05. The van der Waals surface area contributed by atoms with Crippen LogP contribution in [-0.2, 0) is 6.54 Å². The Hall–Kier alpha value is -1.22. The molecule has 1 aromatic carbocycles. The number of aryl methyl sites for hydroxylation is 1. The summed E-state index contributed by atoms with van der Waals surface area (Å²) in [6, 6.07) is 4.01. The van der Waals surface area contributed by atoms with E-state index in [-0.39, 0.29) is 24.0 Å². The first kappa shape index (κ1) is 24.8. The second kappa shape index (κ2) is 11.7. The Bertz CT molecular complexity index is 646. The number of rotatable bonds is 7. The summed E-state index contributed by atoms with van der Waals surface area (Å²) < 4.78 is 10.8. The zero-order valence-electron chi connectivity index (χ0n) is 17.9. The number of benzene rings is 1. The maximum atomic E-state index is 10.7. The highest BCUT2D eigenvalue weighted by Crippen LogP contribution is 2.31. The molecule has 0 spiro atoms. The van der Waals surface area contributed by atoms with E-state index in [9.17, 15) is 5.11 Å². The third-order valence-electron chi connectivity index (χ3n) is 5.25. The van der Waals surface area contributed by atoms with E-state index in [1.54, 1.807) is 14.2 Å². The highest BCUT2D eigenvalue weighted by molar-refractivity contribution is 14.0. The van der Waals surface area contributed by atoms with Gasteiger partial charge in [0.15, 0.2) is 17.5 Å². The van der Waals surface area contributed by atoms with Crippen molar-refractivity contribution in [3.8, 4) is 11.5 Å². The molecule has 7 heteroatoms. The standard InChI is InChI=1S/C21H35N3O3.HI/c1-6-22-20(23-15-21(25)10-8-7-9-11-21)24(3)14-17-13-19(27-5)18(26-4)12-16(17)2;/h12-13,25H,6-11,14-15H2,1-5H3,(H,22,23);1H. The van der Waals surface area contributed by atoms with Crippen molar-refractivity contribution in [1.29, 1.82) is 0 Å². The maximum Gasteiger partial charge on any atom is 0.194 e. The van der Waals surface area contributed by atoms with Crippen molar-refractivity contribution < 1.29 is 14.6 Å². The summed E-state index contributed by atoms with van der Waals surface area (Å²) in [7, 11) is 5.31. The van der Waals surface area contributed by atoms with Crippen molar-refractivity contribution >= 4 is 29.9 Å². The van der Waals surface area contributed by atoms with Gasteiger partial charge < -0.3 is 24.8 Å². The minimum absolute atomic E-state index is 0. The predicted molar refractivity (Wildman–Crippen MR) is 125 cm³/mol. The molecule has 1 aromatic rings. The largest absolute Gasteiger partial charge is 0.493 e. The summed E-state index contributed by atoms with van der Waals surface area (Å²) >= 11 is 0. The normalized spacial score (nSPS) is 16.1. The van der Waals surface area contributed by atoms with Crippen LogP contribution in [0.1, 0.15) is 50.2 Å². The molecular formula is C21H36IN3O3. The number of nitrogens with one attached hydrogen (secondary N) is 1. The van der Waals surface area contributed by atoms with Crippen LogP contribution in [0.2, 0.25) is 0 Å². The van der Waals surface area contributed by atoms with E-state index >= 15 is 0 Å². The summed E-state index contributed by atoms with van der Waals surface area (Å²) in [4.78, 5) is 6.82. The number of hydrogen-bond acceptors (Lipinski definition) is 4. The van der Waals surface area contributed by atoms with Gasteiger partial charge in [0.05, 0.1) is 26.4 Å². The fourth-order valence-electron chi connectivity index (χ4n) is 3.58. The Morgan fingerprint density at radius 1 is 1.18 bits per heavy atom. The number of guanidine groups is 1. The summed E-state index contributed by atoms with van der Waals surface area (Å²) in [5, 5.41) is 14.1.